The highest BCUT2D eigenvalue weighted by molar-refractivity contribution is 5.68. The standard InChI is InChI=1S/C11H20N2O3/c1-15-5-6-16-10(14)13-9-7-11(9)3-2-4-12-8-11/h9,12H,2-8H2,1H3,(H,13,14)/t9?,11-/m1/s1. The molecule has 2 rings (SSSR count). The number of piperidine rings is 1. The molecule has 0 bridgehead atoms. The molecule has 1 spiro atoms. The first-order valence-electron chi connectivity index (χ1n) is 5.90. The molecule has 2 atom stereocenters. The molecule has 1 aliphatic carbocycles. The van der Waals surface area contributed by atoms with Crippen LogP contribution in [0.2, 0.25) is 0 Å². The Kier molecular flexibility index (Phi) is 3.66. The van der Waals surface area contributed by atoms with Gasteiger partial charge in [-0.25, -0.2) is 4.79 Å². The maximum absolute atomic E-state index is 11.4. The van der Waals surface area contributed by atoms with Crippen LogP contribution in [-0.2, 0) is 9.47 Å². The lowest BCUT2D eigenvalue weighted by Gasteiger charge is -2.23. The zero-order valence-corrected chi connectivity index (χ0v) is 9.75. The van der Waals surface area contributed by atoms with Gasteiger partial charge in [-0.15, -0.1) is 0 Å². The second kappa shape index (κ2) is 5.01. The van der Waals surface area contributed by atoms with Gasteiger partial charge in [0, 0.05) is 25.1 Å². The molecule has 1 saturated heterocycles. The molecule has 1 amide bonds. The lowest BCUT2D eigenvalue weighted by atomic mass is 9.96. The van der Waals surface area contributed by atoms with E-state index in [0.29, 0.717) is 24.7 Å². The van der Waals surface area contributed by atoms with Gasteiger partial charge < -0.3 is 20.1 Å². The number of hydrogen-bond acceptors (Lipinski definition) is 4. The predicted molar refractivity (Wildman–Crippen MR) is 59.3 cm³/mol. The van der Waals surface area contributed by atoms with Gasteiger partial charge in [0.1, 0.15) is 6.61 Å². The summed E-state index contributed by atoms with van der Waals surface area (Å²) in [5.74, 6) is 0. The van der Waals surface area contributed by atoms with Gasteiger partial charge in [0.15, 0.2) is 0 Å². The van der Waals surface area contributed by atoms with Gasteiger partial charge >= 0.3 is 6.09 Å². The van der Waals surface area contributed by atoms with Crippen LogP contribution in [0.4, 0.5) is 4.79 Å². The third-order valence-electron chi connectivity index (χ3n) is 3.51. The van der Waals surface area contributed by atoms with E-state index in [1.165, 1.54) is 12.8 Å². The topological polar surface area (TPSA) is 59.6 Å². The molecule has 1 saturated carbocycles. The Hall–Kier alpha value is -0.810. The second-order valence-electron chi connectivity index (χ2n) is 4.67. The molecule has 1 unspecified atom stereocenters. The molecule has 0 aromatic rings. The minimum Gasteiger partial charge on any atom is -0.447 e. The number of carbonyl (C=O) groups is 1. The molecule has 16 heavy (non-hydrogen) atoms. The summed E-state index contributed by atoms with van der Waals surface area (Å²) >= 11 is 0. The van der Waals surface area contributed by atoms with Gasteiger partial charge in [-0.2, -0.15) is 0 Å². The normalized spacial score (nSPS) is 32.4. The number of carbonyl (C=O) groups excluding carboxylic acids is 1. The summed E-state index contributed by atoms with van der Waals surface area (Å²) in [6, 6.07) is 0.301. The van der Waals surface area contributed by atoms with E-state index in [9.17, 15) is 4.79 Å². The fourth-order valence-electron chi connectivity index (χ4n) is 2.42. The molecule has 1 heterocycles. The highest BCUT2D eigenvalue weighted by atomic mass is 16.6. The third kappa shape index (κ3) is 2.65. The van der Waals surface area contributed by atoms with Crippen molar-refractivity contribution in [3.8, 4) is 0 Å². The quantitative estimate of drug-likeness (QED) is 0.688. The SMILES string of the molecule is COCCOC(=O)NC1C[C@@]12CCCNC2. The number of methoxy groups -OCH3 is 1. The van der Waals surface area contributed by atoms with Crippen molar-refractivity contribution in [3.63, 3.8) is 0 Å². The molecule has 0 radical (unpaired) electrons. The van der Waals surface area contributed by atoms with E-state index in [1.54, 1.807) is 7.11 Å². The molecular formula is C11H20N2O3. The number of ether oxygens (including phenoxy) is 2. The Labute approximate surface area is 95.9 Å². The van der Waals surface area contributed by atoms with Gasteiger partial charge in [-0.05, 0) is 25.8 Å². The van der Waals surface area contributed by atoms with Gasteiger partial charge in [0.05, 0.1) is 6.61 Å². The highest BCUT2D eigenvalue weighted by Crippen LogP contribution is 2.50. The smallest absolute Gasteiger partial charge is 0.407 e. The van der Waals surface area contributed by atoms with Crippen molar-refractivity contribution in [2.45, 2.75) is 25.3 Å². The van der Waals surface area contributed by atoms with Crippen molar-refractivity contribution in [2.75, 3.05) is 33.4 Å². The van der Waals surface area contributed by atoms with Crippen molar-refractivity contribution >= 4 is 6.09 Å². The zero-order chi connectivity index (χ0) is 11.4. The number of amides is 1. The average Bonchev–Trinajstić information content (AvgIpc) is 2.92. The van der Waals surface area contributed by atoms with Gasteiger partial charge in [-0.3, -0.25) is 0 Å². The lowest BCUT2D eigenvalue weighted by Crippen LogP contribution is -2.38. The van der Waals surface area contributed by atoms with Crippen molar-refractivity contribution in [2.24, 2.45) is 5.41 Å². The van der Waals surface area contributed by atoms with E-state index in [4.69, 9.17) is 9.47 Å². The third-order valence-corrected chi connectivity index (χ3v) is 3.51. The summed E-state index contributed by atoms with van der Waals surface area (Å²) < 4.78 is 9.78. The Bertz CT molecular complexity index is 252. The lowest BCUT2D eigenvalue weighted by molar-refractivity contribution is 0.0972. The molecular weight excluding hydrogens is 208 g/mol. The van der Waals surface area contributed by atoms with Gasteiger partial charge in [-0.1, -0.05) is 0 Å². The number of nitrogens with one attached hydrogen (secondary N) is 2. The minimum absolute atomic E-state index is 0.301. The van der Waals surface area contributed by atoms with Crippen LogP contribution in [0.5, 0.6) is 0 Å². The maximum Gasteiger partial charge on any atom is 0.407 e. The van der Waals surface area contributed by atoms with Crippen LogP contribution in [-0.4, -0.2) is 45.5 Å². The molecule has 1 aliphatic heterocycles. The maximum atomic E-state index is 11.4. The van der Waals surface area contributed by atoms with Gasteiger partial charge in [0.25, 0.3) is 0 Å². The molecule has 2 aliphatic rings. The molecule has 0 aromatic heterocycles. The Morgan fingerprint density at radius 1 is 1.56 bits per heavy atom. The molecule has 5 nitrogen and oxygen atoms in total. The summed E-state index contributed by atoms with van der Waals surface area (Å²) in [6.45, 7) is 2.90. The van der Waals surface area contributed by atoms with Crippen LogP contribution >= 0.6 is 0 Å². The predicted octanol–water partition coefficient (Wildman–Crippen LogP) is 0.501. The molecule has 2 N–H and O–H groups in total. The first-order valence-corrected chi connectivity index (χ1v) is 5.90. The summed E-state index contributed by atoms with van der Waals surface area (Å²) in [4.78, 5) is 11.4. The molecule has 0 aromatic carbocycles. The van der Waals surface area contributed by atoms with Crippen LogP contribution in [0.3, 0.4) is 0 Å². The van der Waals surface area contributed by atoms with Crippen molar-refractivity contribution in [1.29, 1.82) is 0 Å². The van der Waals surface area contributed by atoms with Crippen LogP contribution < -0.4 is 10.6 Å². The number of hydrogen-bond donors (Lipinski definition) is 2. The highest BCUT2D eigenvalue weighted by Gasteiger charge is 2.55. The van der Waals surface area contributed by atoms with Crippen molar-refractivity contribution in [3.05, 3.63) is 0 Å². The van der Waals surface area contributed by atoms with E-state index < -0.39 is 0 Å². The van der Waals surface area contributed by atoms with E-state index in [-0.39, 0.29) is 6.09 Å². The first-order chi connectivity index (χ1) is 7.77. The summed E-state index contributed by atoms with van der Waals surface area (Å²) in [7, 11) is 1.59. The van der Waals surface area contributed by atoms with Gasteiger partial charge in [0.2, 0.25) is 0 Å². The zero-order valence-electron chi connectivity index (χ0n) is 9.75. The minimum atomic E-state index is -0.315. The van der Waals surface area contributed by atoms with Crippen molar-refractivity contribution < 1.29 is 14.3 Å². The van der Waals surface area contributed by atoms with E-state index >= 15 is 0 Å². The Morgan fingerprint density at radius 2 is 2.44 bits per heavy atom. The Morgan fingerprint density at radius 3 is 3.12 bits per heavy atom. The van der Waals surface area contributed by atoms with E-state index in [2.05, 4.69) is 10.6 Å². The number of alkyl carbamates (subject to hydrolysis) is 1. The van der Waals surface area contributed by atoms with Crippen LogP contribution in [0.15, 0.2) is 0 Å². The van der Waals surface area contributed by atoms with Crippen LogP contribution in [0.25, 0.3) is 0 Å². The van der Waals surface area contributed by atoms with Crippen molar-refractivity contribution in [1.82, 2.24) is 10.6 Å². The summed E-state index contributed by atoms with van der Waals surface area (Å²) in [6.07, 6.45) is 3.18. The largest absolute Gasteiger partial charge is 0.447 e. The number of rotatable bonds is 4. The van der Waals surface area contributed by atoms with E-state index in [0.717, 1.165) is 19.5 Å². The molecule has 5 heteroatoms. The molecule has 92 valence electrons. The average molecular weight is 228 g/mol. The Balaban J connectivity index is 1.65. The summed E-state index contributed by atoms with van der Waals surface area (Å²) in [5, 5.41) is 6.30. The summed E-state index contributed by atoms with van der Waals surface area (Å²) in [5.41, 5.74) is 0.318. The molecule has 2 fully saturated rings. The van der Waals surface area contributed by atoms with E-state index in [1.807, 2.05) is 0 Å². The van der Waals surface area contributed by atoms with Crippen LogP contribution in [0.1, 0.15) is 19.3 Å². The second-order valence-corrected chi connectivity index (χ2v) is 4.67. The fourth-order valence-corrected chi connectivity index (χ4v) is 2.42. The fraction of sp³-hybridized carbons (Fsp3) is 0.909. The first kappa shape index (κ1) is 11.7. The van der Waals surface area contributed by atoms with Crippen LogP contribution in [0, 0.1) is 5.41 Å². The monoisotopic (exact) mass is 228 g/mol.